The number of esters is 1. The first-order chi connectivity index (χ1) is 18.5. The molecule has 2 rings (SSSR count). The van der Waals surface area contributed by atoms with Crippen LogP contribution < -0.4 is 10.6 Å². The Hall–Kier alpha value is -3.71. The second kappa shape index (κ2) is 17.7. The number of nitrogens with one attached hydrogen (secondary N) is 2. The lowest BCUT2D eigenvalue weighted by atomic mass is 9.98. The van der Waals surface area contributed by atoms with Crippen LogP contribution in [0, 0.1) is 5.92 Å². The number of carbonyl (C=O) groups excluding carboxylic acids is 3. The van der Waals surface area contributed by atoms with Gasteiger partial charge in [0.2, 0.25) is 11.8 Å². The second-order valence-corrected chi connectivity index (χ2v) is 9.23. The van der Waals surface area contributed by atoms with E-state index in [-0.39, 0.29) is 37.4 Å². The maximum Gasteiger partial charge on any atom is 0.306 e. The Morgan fingerprint density at radius 1 is 0.947 bits per heavy atom. The first-order valence-electron chi connectivity index (χ1n) is 13.1. The summed E-state index contributed by atoms with van der Waals surface area (Å²) in [6.45, 7) is 7.28. The number of benzene rings is 2. The van der Waals surface area contributed by atoms with Crippen molar-refractivity contribution in [3.63, 3.8) is 0 Å². The van der Waals surface area contributed by atoms with Crippen LogP contribution in [-0.4, -0.2) is 42.1 Å². The summed E-state index contributed by atoms with van der Waals surface area (Å²) >= 11 is 0. The maximum absolute atomic E-state index is 13.0. The molecular weight excluding hydrogens is 480 g/mol. The van der Waals surface area contributed by atoms with Crippen LogP contribution in [0.2, 0.25) is 0 Å². The predicted octanol–water partition coefficient (Wildman–Crippen LogP) is 4.44. The molecule has 0 heterocycles. The number of rotatable bonds is 18. The highest BCUT2D eigenvalue weighted by Gasteiger charge is 2.24. The number of ether oxygens (including phenoxy) is 1. The van der Waals surface area contributed by atoms with E-state index in [0.717, 1.165) is 24.0 Å². The Morgan fingerprint density at radius 2 is 1.63 bits per heavy atom. The number of carbonyl (C=O) groups is 3. The van der Waals surface area contributed by atoms with E-state index in [1.54, 1.807) is 6.08 Å². The molecule has 0 saturated carbocycles. The van der Waals surface area contributed by atoms with Crippen LogP contribution in [0.1, 0.15) is 55.8 Å². The zero-order valence-electron chi connectivity index (χ0n) is 22.0. The van der Waals surface area contributed by atoms with Gasteiger partial charge in [0, 0.05) is 12.8 Å². The van der Waals surface area contributed by atoms with Crippen molar-refractivity contribution in [2.75, 3.05) is 13.2 Å². The highest BCUT2D eigenvalue weighted by molar-refractivity contribution is 5.86. The molecule has 3 atom stereocenters. The minimum Gasteiger partial charge on any atom is -0.456 e. The van der Waals surface area contributed by atoms with Crippen molar-refractivity contribution >= 4 is 17.8 Å². The number of hydrogen-bond donors (Lipinski definition) is 3. The van der Waals surface area contributed by atoms with Gasteiger partial charge in [0.1, 0.15) is 6.10 Å². The first-order valence-corrected chi connectivity index (χ1v) is 13.1. The van der Waals surface area contributed by atoms with E-state index in [4.69, 9.17) is 4.74 Å². The normalized spacial score (nSPS) is 13.0. The Bertz CT molecular complexity index is 1010. The van der Waals surface area contributed by atoms with Gasteiger partial charge in [-0.2, -0.15) is 0 Å². The molecular formula is C31H40N2O5. The Morgan fingerprint density at radius 3 is 2.26 bits per heavy atom. The average molecular weight is 521 g/mol. The molecule has 0 aliphatic rings. The number of amides is 2. The zero-order chi connectivity index (χ0) is 27.6. The summed E-state index contributed by atoms with van der Waals surface area (Å²) in [5.41, 5.74) is 1.77. The molecule has 0 bridgehead atoms. The second-order valence-electron chi connectivity index (χ2n) is 9.23. The molecule has 0 unspecified atom stereocenters. The van der Waals surface area contributed by atoms with E-state index in [9.17, 15) is 19.5 Å². The number of hydrogen-bond acceptors (Lipinski definition) is 5. The fourth-order valence-corrected chi connectivity index (χ4v) is 4.06. The minimum atomic E-state index is -0.644. The fourth-order valence-electron chi connectivity index (χ4n) is 4.06. The summed E-state index contributed by atoms with van der Waals surface area (Å²) in [4.78, 5) is 38.2. The third-order valence-corrected chi connectivity index (χ3v) is 6.11. The molecule has 0 saturated heterocycles. The van der Waals surface area contributed by atoms with Gasteiger partial charge in [0.15, 0.2) is 0 Å². The monoisotopic (exact) mass is 520 g/mol. The van der Waals surface area contributed by atoms with E-state index < -0.39 is 18.1 Å². The molecule has 2 aromatic rings. The van der Waals surface area contributed by atoms with E-state index in [1.807, 2.05) is 66.7 Å². The van der Waals surface area contributed by atoms with Gasteiger partial charge in [-0.25, -0.2) is 0 Å². The number of allylic oxidation sites excluding steroid dienone is 2. The summed E-state index contributed by atoms with van der Waals surface area (Å²) in [7, 11) is 0. The number of unbranched alkanes of at least 4 members (excludes halogenated alkanes) is 2. The molecule has 38 heavy (non-hydrogen) atoms. The van der Waals surface area contributed by atoms with Gasteiger partial charge in [0.05, 0.1) is 25.1 Å². The van der Waals surface area contributed by atoms with E-state index in [2.05, 4.69) is 23.8 Å². The summed E-state index contributed by atoms with van der Waals surface area (Å²) in [6, 6.07) is 18.4. The molecule has 204 valence electrons. The zero-order valence-corrected chi connectivity index (χ0v) is 22.0. The Balaban J connectivity index is 1.95. The molecule has 0 fully saturated rings. The van der Waals surface area contributed by atoms with Crippen molar-refractivity contribution < 1.29 is 24.2 Å². The molecule has 0 aliphatic heterocycles. The largest absolute Gasteiger partial charge is 0.456 e. The first kappa shape index (κ1) is 30.5. The van der Waals surface area contributed by atoms with E-state index >= 15 is 0 Å². The van der Waals surface area contributed by atoms with E-state index in [1.165, 1.54) is 0 Å². The van der Waals surface area contributed by atoms with Gasteiger partial charge < -0.3 is 20.5 Å². The van der Waals surface area contributed by atoms with Crippen LogP contribution in [0.25, 0.3) is 0 Å². The van der Waals surface area contributed by atoms with Crippen LogP contribution in [0.15, 0.2) is 86.0 Å². The number of aliphatic hydroxyl groups is 1. The van der Waals surface area contributed by atoms with E-state index in [0.29, 0.717) is 25.7 Å². The van der Waals surface area contributed by atoms with Crippen molar-refractivity contribution in [1.82, 2.24) is 10.6 Å². The van der Waals surface area contributed by atoms with Crippen LogP contribution in [0.4, 0.5) is 0 Å². The third-order valence-electron chi connectivity index (χ3n) is 6.11. The standard InChI is InChI=1S/C31H40N2O5/c1-3-5-6-13-19-30(36)38-28(25-17-11-8-12-18-25)22-32-31(37)26(14-4-2)21-29(35)33-27(23-34)20-24-15-9-7-10-16-24/h3-4,7-12,15-18,26-28,34H,1-2,5-6,13-14,19-23H2,(H,32,37)(H,33,35)/t26-,27+,28+/m0/s1. The summed E-state index contributed by atoms with van der Waals surface area (Å²) in [5.74, 6) is -1.62. The fraction of sp³-hybridized carbons (Fsp3) is 0.387. The van der Waals surface area contributed by atoms with Crippen molar-refractivity contribution in [2.24, 2.45) is 5.92 Å². The van der Waals surface area contributed by atoms with Gasteiger partial charge in [-0.1, -0.05) is 72.8 Å². The Labute approximate surface area is 226 Å². The van der Waals surface area contributed by atoms with Crippen molar-refractivity contribution in [3.8, 4) is 0 Å². The van der Waals surface area contributed by atoms with Gasteiger partial charge in [-0.3, -0.25) is 14.4 Å². The topological polar surface area (TPSA) is 105 Å². The highest BCUT2D eigenvalue weighted by atomic mass is 16.5. The molecule has 2 amide bonds. The van der Waals surface area contributed by atoms with Gasteiger partial charge >= 0.3 is 5.97 Å². The van der Waals surface area contributed by atoms with Crippen molar-refractivity contribution in [2.45, 2.75) is 57.1 Å². The summed E-state index contributed by atoms with van der Waals surface area (Å²) in [5, 5.41) is 15.4. The maximum atomic E-state index is 13.0. The van der Waals surface area contributed by atoms with Crippen molar-refractivity contribution in [1.29, 1.82) is 0 Å². The van der Waals surface area contributed by atoms with Gasteiger partial charge in [0.25, 0.3) is 0 Å². The Kier molecular flexibility index (Phi) is 14.2. The number of aliphatic hydroxyl groups excluding tert-OH is 1. The smallest absolute Gasteiger partial charge is 0.306 e. The quantitative estimate of drug-likeness (QED) is 0.153. The molecule has 3 N–H and O–H groups in total. The minimum absolute atomic E-state index is 0.0533. The lowest BCUT2D eigenvalue weighted by molar-refractivity contribution is -0.150. The predicted molar refractivity (Wildman–Crippen MR) is 149 cm³/mol. The lowest BCUT2D eigenvalue weighted by Gasteiger charge is -2.22. The van der Waals surface area contributed by atoms with Gasteiger partial charge in [-0.05, 0) is 43.2 Å². The third kappa shape index (κ3) is 11.6. The molecule has 2 aromatic carbocycles. The van der Waals surface area contributed by atoms with Crippen LogP contribution >= 0.6 is 0 Å². The summed E-state index contributed by atoms with van der Waals surface area (Å²) in [6.07, 6.45) is 6.21. The van der Waals surface area contributed by atoms with Crippen molar-refractivity contribution in [3.05, 3.63) is 97.1 Å². The van der Waals surface area contributed by atoms with Crippen LogP contribution in [-0.2, 0) is 25.5 Å². The highest BCUT2D eigenvalue weighted by Crippen LogP contribution is 2.19. The van der Waals surface area contributed by atoms with Crippen LogP contribution in [0.3, 0.4) is 0 Å². The molecule has 0 spiro atoms. The molecule has 0 aliphatic carbocycles. The van der Waals surface area contributed by atoms with Crippen LogP contribution in [0.5, 0.6) is 0 Å². The average Bonchev–Trinajstić information content (AvgIpc) is 2.93. The molecule has 0 aromatic heterocycles. The molecule has 0 radical (unpaired) electrons. The summed E-state index contributed by atoms with van der Waals surface area (Å²) < 4.78 is 5.71. The molecule has 7 heteroatoms. The SMILES string of the molecule is C=CCCCCC(=O)O[C@H](CNC(=O)[C@@H](CC=C)CC(=O)N[C@@H](CO)Cc1ccccc1)c1ccccc1. The molecule has 7 nitrogen and oxygen atoms in total. The van der Waals surface area contributed by atoms with Gasteiger partial charge in [-0.15, -0.1) is 13.2 Å². The lowest BCUT2D eigenvalue weighted by Crippen LogP contribution is -2.42.